The van der Waals surface area contributed by atoms with E-state index in [0.29, 0.717) is 0 Å². The summed E-state index contributed by atoms with van der Waals surface area (Å²) in [6.07, 6.45) is 2.08. The van der Waals surface area contributed by atoms with Crippen molar-refractivity contribution in [1.29, 1.82) is 0 Å². The molecule has 1 unspecified atom stereocenters. The Hall–Kier alpha value is -1.64. The van der Waals surface area contributed by atoms with Crippen molar-refractivity contribution in [2.24, 2.45) is 5.84 Å². The molecular formula is C18H24N2. The molecule has 1 atom stereocenters. The van der Waals surface area contributed by atoms with Gasteiger partial charge in [0, 0.05) is 5.41 Å². The van der Waals surface area contributed by atoms with Crippen molar-refractivity contribution in [3.63, 3.8) is 0 Å². The van der Waals surface area contributed by atoms with Gasteiger partial charge in [0.1, 0.15) is 0 Å². The summed E-state index contributed by atoms with van der Waals surface area (Å²) in [6, 6.07) is 21.3. The number of hydrazine groups is 1. The SMILES string of the molecule is CCC(CC)(c1ccccc1)C(NN)c1ccccc1. The number of rotatable bonds is 6. The van der Waals surface area contributed by atoms with Gasteiger partial charge in [0.25, 0.3) is 0 Å². The van der Waals surface area contributed by atoms with Crippen LogP contribution in [0.2, 0.25) is 0 Å². The van der Waals surface area contributed by atoms with Crippen LogP contribution in [-0.2, 0) is 5.41 Å². The smallest absolute Gasteiger partial charge is 0.0556 e. The molecule has 0 fully saturated rings. The first-order chi connectivity index (χ1) is 9.78. The minimum atomic E-state index is 0.0113. The largest absolute Gasteiger partial charge is 0.271 e. The molecule has 2 aromatic rings. The highest BCUT2D eigenvalue weighted by atomic mass is 15.2. The second-order valence-electron chi connectivity index (χ2n) is 5.24. The van der Waals surface area contributed by atoms with Crippen molar-refractivity contribution in [3.05, 3.63) is 71.8 Å². The third-order valence-electron chi connectivity index (χ3n) is 4.46. The fraction of sp³-hybridized carbons (Fsp3) is 0.333. The molecule has 0 aromatic heterocycles. The highest BCUT2D eigenvalue weighted by molar-refractivity contribution is 5.33. The van der Waals surface area contributed by atoms with Gasteiger partial charge >= 0.3 is 0 Å². The molecule has 2 nitrogen and oxygen atoms in total. The number of hydrogen-bond donors (Lipinski definition) is 2. The quantitative estimate of drug-likeness (QED) is 0.615. The van der Waals surface area contributed by atoms with Crippen molar-refractivity contribution < 1.29 is 0 Å². The fourth-order valence-electron chi connectivity index (χ4n) is 3.22. The lowest BCUT2D eigenvalue weighted by atomic mass is 9.68. The molecule has 3 N–H and O–H groups in total. The summed E-state index contributed by atoms with van der Waals surface area (Å²) in [4.78, 5) is 0. The maximum absolute atomic E-state index is 5.93. The molecule has 0 saturated carbocycles. The normalized spacial score (nSPS) is 13.2. The highest BCUT2D eigenvalue weighted by Crippen LogP contribution is 2.42. The van der Waals surface area contributed by atoms with Gasteiger partial charge in [-0.05, 0) is 24.0 Å². The van der Waals surface area contributed by atoms with Gasteiger partial charge in [-0.3, -0.25) is 11.3 Å². The lowest BCUT2D eigenvalue weighted by molar-refractivity contribution is 0.276. The predicted molar refractivity (Wildman–Crippen MR) is 85.2 cm³/mol. The molecule has 20 heavy (non-hydrogen) atoms. The maximum Gasteiger partial charge on any atom is 0.0556 e. The zero-order valence-electron chi connectivity index (χ0n) is 12.3. The minimum absolute atomic E-state index is 0.0113. The van der Waals surface area contributed by atoms with Crippen LogP contribution in [0.25, 0.3) is 0 Å². The first-order valence-electron chi connectivity index (χ1n) is 7.35. The van der Waals surface area contributed by atoms with Crippen molar-refractivity contribution in [1.82, 2.24) is 5.43 Å². The maximum atomic E-state index is 5.93. The Morgan fingerprint density at radius 1 is 0.900 bits per heavy atom. The average molecular weight is 268 g/mol. The van der Waals surface area contributed by atoms with E-state index in [2.05, 4.69) is 73.9 Å². The van der Waals surface area contributed by atoms with Crippen molar-refractivity contribution >= 4 is 0 Å². The Morgan fingerprint density at radius 2 is 1.40 bits per heavy atom. The van der Waals surface area contributed by atoms with Crippen LogP contribution < -0.4 is 11.3 Å². The average Bonchev–Trinajstić information content (AvgIpc) is 2.54. The van der Waals surface area contributed by atoms with E-state index in [0.717, 1.165) is 12.8 Å². The summed E-state index contributed by atoms with van der Waals surface area (Å²) >= 11 is 0. The molecule has 106 valence electrons. The van der Waals surface area contributed by atoms with Crippen LogP contribution in [0, 0.1) is 0 Å². The molecule has 0 heterocycles. The topological polar surface area (TPSA) is 38.0 Å². The lowest BCUT2D eigenvalue weighted by Crippen LogP contribution is -2.44. The van der Waals surface area contributed by atoms with Crippen LogP contribution in [0.15, 0.2) is 60.7 Å². The summed E-state index contributed by atoms with van der Waals surface area (Å²) in [7, 11) is 0. The summed E-state index contributed by atoms with van der Waals surface area (Å²) in [5.74, 6) is 5.93. The first kappa shape index (κ1) is 14.8. The molecule has 0 aliphatic rings. The van der Waals surface area contributed by atoms with Crippen LogP contribution >= 0.6 is 0 Å². The molecule has 0 amide bonds. The van der Waals surface area contributed by atoms with Gasteiger partial charge in [0.15, 0.2) is 0 Å². The first-order valence-corrected chi connectivity index (χ1v) is 7.35. The van der Waals surface area contributed by atoms with E-state index in [1.54, 1.807) is 0 Å². The molecule has 2 aromatic carbocycles. The standard InChI is InChI=1S/C18H24N2/c1-3-18(4-2,16-13-9-6-10-14-16)17(20-19)15-11-7-5-8-12-15/h5-14,17,20H,3-4,19H2,1-2H3. The van der Waals surface area contributed by atoms with E-state index in [4.69, 9.17) is 5.84 Å². The van der Waals surface area contributed by atoms with Crippen molar-refractivity contribution in [2.45, 2.75) is 38.1 Å². The highest BCUT2D eigenvalue weighted by Gasteiger charge is 2.37. The van der Waals surface area contributed by atoms with Crippen molar-refractivity contribution in [3.8, 4) is 0 Å². The Balaban J connectivity index is 2.51. The summed E-state index contributed by atoms with van der Waals surface area (Å²) in [5.41, 5.74) is 5.65. The lowest BCUT2D eigenvalue weighted by Gasteiger charge is -2.40. The van der Waals surface area contributed by atoms with Crippen LogP contribution in [0.5, 0.6) is 0 Å². The molecule has 0 bridgehead atoms. The predicted octanol–water partition coefficient (Wildman–Crippen LogP) is 3.95. The summed E-state index contributed by atoms with van der Waals surface area (Å²) < 4.78 is 0. The number of benzene rings is 2. The Bertz CT molecular complexity index is 503. The molecule has 0 aliphatic heterocycles. The van der Waals surface area contributed by atoms with Gasteiger partial charge in [-0.25, -0.2) is 0 Å². The van der Waals surface area contributed by atoms with Crippen LogP contribution in [0.3, 0.4) is 0 Å². The van der Waals surface area contributed by atoms with E-state index >= 15 is 0 Å². The zero-order chi connectivity index (χ0) is 14.4. The summed E-state index contributed by atoms with van der Waals surface area (Å²) in [5, 5.41) is 0. The van der Waals surface area contributed by atoms with E-state index in [9.17, 15) is 0 Å². The molecule has 2 rings (SSSR count). The molecule has 0 aliphatic carbocycles. The minimum Gasteiger partial charge on any atom is -0.271 e. The monoisotopic (exact) mass is 268 g/mol. The molecule has 0 radical (unpaired) electrons. The van der Waals surface area contributed by atoms with Gasteiger partial charge in [0.2, 0.25) is 0 Å². The van der Waals surface area contributed by atoms with Gasteiger partial charge < -0.3 is 0 Å². The number of hydrogen-bond acceptors (Lipinski definition) is 2. The Kier molecular flexibility index (Phi) is 4.94. The molecule has 0 saturated heterocycles. The van der Waals surface area contributed by atoms with Crippen LogP contribution in [-0.4, -0.2) is 0 Å². The molecular weight excluding hydrogens is 244 g/mol. The van der Waals surface area contributed by atoms with E-state index < -0.39 is 0 Å². The van der Waals surface area contributed by atoms with Crippen LogP contribution in [0.1, 0.15) is 43.9 Å². The Labute approximate surface area is 122 Å². The van der Waals surface area contributed by atoms with Crippen molar-refractivity contribution in [2.75, 3.05) is 0 Å². The Morgan fingerprint density at radius 3 is 1.85 bits per heavy atom. The third-order valence-corrected chi connectivity index (χ3v) is 4.46. The van der Waals surface area contributed by atoms with E-state index in [-0.39, 0.29) is 11.5 Å². The second-order valence-corrected chi connectivity index (χ2v) is 5.24. The third kappa shape index (κ3) is 2.62. The number of nitrogens with two attached hydrogens (primary N) is 1. The number of nitrogens with one attached hydrogen (secondary N) is 1. The second kappa shape index (κ2) is 6.69. The van der Waals surface area contributed by atoms with Gasteiger partial charge in [-0.15, -0.1) is 0 Å². The zero-order valence-corrected chi connectivity index (χ0v) is 12.3. The molecule has 2 heteroatoms. The van der Waals surface area contributed by atoms with Gasteiger partial charge in [0.05, 0.1) is 6.04 Å². The van der Waals surface area contributed by atoms with Gasteiger partial charge in [-0.2, -0.15) is 0 Å². The van der Waals surface area contributed by atoms with E-state index in [1.165, 1.54) is 11.1 Å². The van der Waals surface area contributed by atoms with Crippen LogP contribution in [0.4, 0.5) is 0 Å². The van der Waals surface area contributed by atoms with E-state index in [1.807, 2.05) is 6.07 Å². The molecule has 0 spiro atoms. The summed E-state index contributed by atoms with van der Waals surface area (Å²) in [6.45, 7) is 4.48. The van der Waals surface area contributed by atoms with Gasteiger partial charge in [-0.1, -0.05) is 74.5 Å². The fourth-order valence-corrected chi connectivity index (χ4v) is 3.22.